The number of halogens is 2. The number of esters is 1. The van der Waals surface area contributed by atoms with Crippen molar-refractivity contribution >= 4 is 52.6 Å². The molecule has 37 heavy (non-hydrogen) atoms. The first-order valence-electron chi connectivity index (χ1n) is 11.6. The van der Waals surface area contributed by atoms with E-state index in [1.54, 1.807) is 0 Å². The van der Waals surface area contributed by atoms with E-state index in [0.29, 0.717) is 33.5 Å². The molecule has 4 aliphatic rings. The molecule has 3 aromatic rings. The molecule has 0 spiro atoms. The van der Waals surface area contributed by atoms with Crippen molar-refractivity contribution in [3.8, 4) is 0 Å². The van der Waals surface area contributed by atoms with E-state index in [1.807, 2.05) is 48.5 Å². The van der Waals surface area contributed by atoms with Crippen molar-refractivity contribution < 1.29 is 23.9 Å². The molecule has 3 aliphatic carbocycles. The van der Waals surface area contributed by atoms with Crippen LogP contribution in [0.3, 0.4) is 0 Å². The maximum atomic E-state index is 13.8. The van der Waals surface area contributed by atoms with Gasteiger partial charge in [0, 0.05) is 5.69 Å². The number of carbonyl (C=O) groups is 4. The Balaban J connectivity index is 1.34. The van der Waals surface area contributed by atoms with Crippen LogP contribution in [0.1, 0.15) is 32.6 Å². The molecule has 1 fully saturated rings. The van der Waals surface area contributed by atoms with Gasteiger partial charge in [-0.2, -0.15) is 0 Å². The molecule has 0 aromatic heterocycles. The Morgan fingerprint density at radius 1 is 0.811 bits per heavy atom. The number of hydrogen-bond donors (Lipinski definition) is 1. The number of ether oxygens (including phenoxy) is 1. The number of benzene rings is 3. The topological polar surface area (TPSA) is 92.8 Å². The summed E-state index contributed by atoms with van der Waals surface area (Å²) >= 11 is 14.7. The van der Waals surface area contributed by atoms with Crippen molar-refractivity contribution in [3.63, 3.8) is 0 Å². The highest BCUT2D eigenvalue weighted by Crippen LogP contribution is 2.69. The van der Waals surface area contributed by atoms with Gasteiger partial charge in [-0.15, -0.1) is 23.2 Å². The normalized spacial score (nSPS) is 26.8. The first kappa shape index (κ1) is 23.7. The molecular formula is C28H20Cl2N2O5. The number of carbonyl (C=O) groups excluding carboxylic acids is 4. The molecule has 0 radical (unpaired) electrons. The lowest BCUT2D eigenvalue weighted by atomic mass is 9.54. The minimum atomic E-state index is -1.30. The summed E-state index contributed by atoms with van der Waals surface area (Å²) in [6.07, 6.45) is 0. The summed E-state index contributed by atoms with van der Waals surface area (Å²) < 4.78 is 4.67. The second-order valence-corrected chi connectivity index (χ2v) is 10.5. The lowest BCUT2D eigenvalue weighted by Gasteiger charge is -2.54. The number of anilines is 1. The van der Waals surface area contributed by atoms with E-state index in [0.717, 1.165) is 4.90 Å². The quantitative estimate of drug-likeness (QED) is 0.310. The lowest BCUT2D eigenvalue weighted by molar-refractivity contribution is -0.142. The zero-order chi connectivity index (χ0) is 26.1. The highest BCUT2D eigenvalue weighted by molar-refractivity contribution is 6.36. The third-order valence-corrected chi connectivity index (χ3v) is 8.85. The van der Waals surface area contributed by atoms with Crippen molar-refractivity contribution in [1.82, 2.24) is 4.90 Å². The van der Waals surface area contributed by atoms with E-state index in [9.17, 15) is 19.2 Å². The molecule has 7 rings (SSSR count). The Hall–Kier alpha value is -3.68. The second-order valence-electron chi connectivity index (χ2n) is 9.35. The average Bonchev–Trinajstić information content (AvgIpc) is 3.17. The maximum absolute atomic E-state index is 13.8. The van der Waals surface area contributed by atoms with E-state index >= 15 is 0 Å². The Kier molecular flexibility index (Phi) is 5.23. The molecular weight excluding hydrogens is 515 g/mol. The van der Waals surface area contributed by atoms with E-state index in [1.165, 1.54) is 31.4 Å². The fourth-order valence-corrected chi connectivity index (χ4v) is 7.13. The Labute approximate surface area is 222 Å². The van der Waals surface area contributed by atoms with Crippen molar-refractivity contribution in [3.05, 3.63) is 101 Å². The molecule has 186 valence electrons. The van der Waals surface area contributed by atoms with Crippen LogP contribution in [0.4, 0.5) is 5.69 Å². The molecule has 1 aliphatic heterocycles. The van der Waals surface area contributed by atoms with Gasteiger partial charge < -0.3 is 10.1 Å². The van der Waals surface area contributed by atoms with Gasteiger partial charge in [-0.3, -0.25) is 19.3 Å². The van der Waals surface area contributed by atoms with Crippen LogP contribution in [0.5, 0.6) is 0 Å². The molecule has 3 aromatic carbocycles. The summed E-state index contributed by atoms with van der Waals surface area (Å²) in [5.74, 6) is -4.06. The van der Waals surface area contributed by atoms with Gasteiger partial charge in [-0.05, 0) is 46.5 Å². The Morgan fingerprint density at radius 3 is 1.65 bits per heavy atom. The zero-order valence-corrected chi connectivity index (χ0v) is 21.0. The number of imide groups is 1. The number of nitrogens with one attached hydrogen (secondary N) is 1. The minimum Gasteiger partial charge on any atom is -0.465 e. The monoisotopic (exact) mass is 534 g/mol. The smallest absolute Gasteiger partial charge is 0.337 e. The number of alkyl halides is 2. The molecule has 1 saturated heterocycles. The number of hydrogen-bond acceptors (Lipinski definition) is 5. The number of methoxy groups -OCH3 is 1. The molecule has 7 nitrogen and oxygen atoms in total. The third kappa shape index (κ3) is 3.07. The van der Waals surface area contributed by atoms with Crippen LogP contribution in [0.15, 0.2) is 72.8 Å². The molecule has 0 unspecified atom stereocenters. The largest absolute Gasteiger partial charge is 0.465 e. The van der Waals surface area contributed by atoms with Crippen LogP contribution in [-0.4, -0.2) is 42.2 Å². The highest BCUT2D eigenvalue weighted by atomic mass is 35.5. The van der Waals surface area contributed by atoms with Crippen molar-refractivity contribution in [2.75, 3.05) is 19.0 Å². The van der Waals surface area contributed by atoms with Gasteiger partial charge in [0.25, 0.3) is 0 Å². The fourth-order valence-electron chi connectivity index (χ4n) is 6.03. The van der Waals surface area contributed by atoms with Crippen molar-refractivity contribution in [2.24, 2.45) is 11.8 Å². The first-order chi connectivity index (χ1) is 17.7. The third-order valence-electron chi connectivity index (χ3n) is 7.57. The zero-order valence-electron chi connectivity index (χ0n) is 19.5. The van der Waals surface area contributed by atoms with Crippen LogP contribution in [0.25, 0.3) is 0 Å². The molecule has 2 atom stereocenters. The predicted octanol–water partition coefficient (Wildman–Crippen LogP) is 4.00. The van der Waals surface area contributed by atoms with Gasteiger partial charge in [-0.25, -0.2) is 4.79 Å². The first-order valence-corrected chi connectivity index (χ1v) is 12.4. The van der Waals surface area contributed by atoms with Gasteiger partial charge in [0.1, 0.15) is 16.3 Å². The summed E-state index contributed by atoms with van der Waals surface area (Å²) in [5, 5.41) is 2.66. The summed E-state index contributed by atoms with van der Waals surface area (Å²) in [5.41, 5.74) is 3.52. The minimum absolute atomic E-state index is 0.323. The van der Waals surface area contributed by atoms with Gasteiger partial charge in [0.05, 0.1) is 24.5 Å². The molecule has 2 bridgehead atoms. The fraction of sp³-hybridized carbons (Fsp3) is 0.214. The molecule has 1 N–H and O–H groups in total. The van der Waals surface area contributed by atoms with Crippen molar-refractivity contribution in [1.29, 1.82) is 0 Å². The van der Waals surface area contributed by atoms with E-state index in [2.05, 4.69) is 10.1 Å². The number of nitrogens with zero attached hydrogens (tertiary/aromatic N) is 1. The number of likely N-dealkylation sites (tertiary alicyclic amines) is 1. The Bertz CT molecular complexity index is 1380. The van der Waals surface area contributed by atoms with Gasteiger partial charge >= 0.3 is 5.97 Å². The average molecular weight is 535 g/mol. The number of rotatable bonds is 4. The Morgan fingerprint density at radius 2 is 1.24 bits per heavy atom. The predicted molar refractivity (Wildman–Crippen MR) is 136 cm³/mol. The van der Waals surface area contributed by atoms with Gasteiger partial charge in [-0.1, -0.05) is 48.5 Å². The van der Waals surface area contributed by atoms with Gasteiger partial charge in [0.15, 0.2) is 0 Å². The van der Waals surface area contributed by atoms with E-state index in [-0.39, 0.29) is 0 Å². The second kappa shape index (κ2) is 8.16. The molecule has 0 saturated carbocycles. The SMILES string of the molecule is COC(=O)c1ccc(NC(=O)CN2C(=O)[C@@H]3[C@@H](C2=O)C2(Cl)c4ccccc4C3(Cl)c3ccccc32)cc1. The number of amides is 3. The summed E-state index contributed by atoms with van der Waals surface area (Å²) in [6.45, 7) is -0.490. The van der Waals surface area contributed by atoms with Crippen molar-refractivity contribution in [2.45, 2.75) is 9.75 Å². The van der Waals surface area contributed by atoms with Crippen LogP contribution in [0.2, 0.25) is 0 Å². The van der Waals surface area contributed by atoms with E-state index in [4.69, 9.17) is 23.2 Å². The van der Waals surface area contributed by atoms with Crippen LogP contribution in [-0.2, 0) is 28.9 Å². The van der Waals surface area contributed by atoms with E-state index < -0.39 is 51.8 Å². The van der Waals surface area contributed by atoms with Crippen LogP contribution in [0, 0.1) is 11.8 Å². The summed E-state index contributed by atoms with van der Waals surface area (Å²) in [7, 11) is 1.28. The molecule has 1 heterocycles. The van der Waals surface area contributed by atoms with Crippen LogP contribution < -0.4 is 5.32 Å². The standard InChI is InChI=1S/C28H20Cl2N2O5/c1-37-26(36)15-10-12-16(13-11-15)31-21(33)14-32-24(34)22-23(25(32)35)28(30)18-7-3-2-6-17(18)27(22,29)19-8-4-5-9-20(19)28/h2-13,22-23H,14H2,1H3,(H,31,33)/t22-,23-,27?,28?/m0/s1. The summed E-state index contributed by atoms with van der Waals surface area (Å²) in [6, 6.07) is 20.8. The maximum Gasteiger partial charge on any atom is 0.337 e. The molecule has 3 amide bonds. The van der Waals surface area contributed by atoms with Crippen LogP contribution >= 0.6 is 23.2 Å². The lowest BCUT2D eigenvalue weighted by Crippen LogP contribution is -2.57. The molecule has 9 heteroatoms. The van der Waals surface area contributed by atoms with Gasteiger partial charge in [0.2, 0.25) is 17.7 Å². The highest BCUT2D eigenvalue weighted by Gasteiger charge is 2.73. The summed E-state index contributed by atoms with van der Waals surface area (Å²) in [4.78, 5) is 50.5.